The zero-order valence-corrected chi connectivity index (χ0v) is 18.1. The van der Waals surface area contributed by atoms with E-state index in [0.29, 0.717) is 17.7 Å². The Balaban J connectivity index is 0.00000182. The minimum atomic E-state index is 0. The number of nitrogens with one attached hydrogen (secondary N) is 1. The Morgan fingerprint density at radius 2 is 1.78 bits per heavy atom. The molecule has 0 aromatic carbocycles. The lowest BCUT2D eigenvalue weighted by Gasteiger charge is -2.34. The molecule has 1 N–H and O–H groups in total. The molecule has 0 saturated carbocycles. The lowest BCUT2D eigenvalue weighted by atomic mass is 9.96. The van der Waals surface area contributed by atoms with E-state index in [1.54, 1.807) is 0 Å². The first kappa shape index (κ1) is 24.1. The fraction of sp³-hybridized carbons (Fsp3) is 0.833. The first-order chi connectivity index (χ1) is 12.2. The molecule has 2 aliphatic rings. The van der Waals surface area contributed by atoms with Crippen LogP contribution >= 0.6 is 24.8 Å². The highest BCUT2D eigenvalue weighted by atomic mass is 35.5. The van der Waals surface area contributed by atoms with Crippen molar-refractivity contribution in [1.82, 2.24) is 30.1 Å². The predicted octanol–water partition coefficient (Wildman–Crippen LogP) is 2.24. The number of carbonyl (C=O) groups excluding carboxylic acids is 1. The first-order valence-corrected chi connectivity index (χ1v) is 9.85. The monoisotopic (exact) mass is 420 g/mol. The molecule has 7 nitrogen and oxygen atoms in total. The zero-order chi connectivity index (χ0) is 17.6. The molecular formula is C18H34Cl2N6O. The molecule has 0 radical (unpaired) electrons. The van der Waals surface area contributed by atoms with Crippen LogP contribution in [0.3, 0.4) is 0 Å². The van der Waals surface area contributed by atoms with Crippen LogP contribution in [0.15, 0.2) is 6.20 Å². The molecule has 156 valence electrons. The Hall–Kier alpha value is -0.890. The van der Waals surface area contributed by atoms with E-state index in [2.05, 4.69) is 34.4 Å². The number of nitrogens with zero attached hydrogens (tertiary/aromatic N) is 5. The average molecular weight is 421 g/mol. The van der Waals surface area contributed by atoms with E-state index < -0.39 is 0 Å². The third kappa shape index (κ3) is 6.31. The van der Waals surface area contributed by atoms with Crippen LogP contribution < -0.4 is 5.32 Å². The van der Waals surface area contributed by atoms with E-state index in [1.165, 1.54) is 0 Å². The number of hydrogen-bond donors (Lipinski definition) is 1. The highest BCUT2D eigenvalue weighted by molar-refractivity contribution is 5.92. The van der Waals surface area contributed by atoms with Crippen molar-refractivity contribution in [1.29, 1.82) is 0 Å². The van der Waals surface area contributed by atoms with Crippen LogP contribution in [0.2, 0.25) is 0 Å². The van der Waals surface area contributed by atoms with Gasteiger partial charge in [-0.15, -0.1) is 29.9 Å². The number of piperidine rings is 2. The first-order valence-electron chi connectivity index (χ1n) is 9.85. The van der Waals surface area contributed by atoms with Gasteiger partial charge in [-0.25, -0.2) is 4.68 Å². The van der Waals surface area contributed by atoms with Crippen molar-refractivity contribution in [2.75, 3.05) is 45.8 Å². The van der Waals surface area contributed by atoms with Crippen LogP contribution in [-0.2, 0) is 0 Å². The van der Waals surface area contributed by atoms with Crippen molar-refractivity contribution in [3.05, 3.63) is 11.9 Å². The molecule has 0 spiro atoms. The van der Waals surface area contributed by atoms with Crippen molar-refractivity contribution in [2.45, 2.75) is 45.6 Å². The molecule has 0 atom stereocenters. The second kappa shape index (κ2) is 11.8. The number of rotatable bonds is 6. The van der Waals surface area contributed by atoms with Crippen molar-refractivity contribution < 1.29 is 4.79 Å². The number of halogens is 2. The summed E-state index contributed by atoms with van der Waals surface area (Å²) < 4.78 is 1.89. The lowest BCUT2D eigenvalue weighted by Crippen LogP contribution is -2.41. The Labute approximate surface area is 175 Å². The standard InChI is InChI=1S/C18H32N6O.2ClH/c1-3-22(4-2)13-15-7-11-23(12-8-15)18(25)17-14-24(21-20-17)16-5-9-19-10-6-16;;/h14-16,19H,3-13H2,1-2H3;2*1H. The second-order valence-electron chi connectivity index (χ2n) is 7.29. The summed E-state index contributed by atoms with van der Waals surface area (Å²) in [4.78, 5) is 17.2. The van der Waals surface area contributed by atoms with Crippen LogP contribution in [0.1, 0.15) is 56.1 Å². The zero-order valence-electron chi connectivity index (χ0n) is 16.5. The Morgan fingerprint density at radius 3 is 2.37 bits per heavy atom. The van der Waals surface area contributed by atoms with Crippen LogP contribution in [0.4, 0.5) is 0 Å². The quantitative estimate of drug-likeness (QED) is 0.763. The van der Waals surface area contributed by atoms with Gasteiger partial charge in [0.25, 0.3) is 5.91 Å². The number of likely N-dealkylation sites (tertiary alicyclic amines) is 1. The lowest BCUT2D eigenvalue weighted by molar-refractivity contribution is 0.0663. The van der Waals surface area contributed by atoms with Gasteiger partial charge in [-0.1, -0.05) is 19.1 Å². The number of hydrogen-bond acceptors (Lipinski definition) is 5. The summed E-state index contributed by atoms with van der Waals surface area (Å²) in [6, 6.07) is 0.370. The number of carbonyl (C=O) groups is 1. The highest BCUT2D eigenvalue weighted by Crippen LogP contribution is 2.21. The van der Waals surface area contributed by atoms with Gasteiger partial charge in [0.05, 0.1) is 12.2 Å². The van der Waals surface area contributed by atoms with E-state index in [0.717, 1.165) is 71.5 Å². The molecule has 9 heteroatoms. The maximum absolute atomic E-state index is 12.7. The highest BCUT2D eigenvalue weighted by Gasteiger charge is 2.27. The smallest absolute Gasteiger partial charge is 0.276 e. The van der Waals surface area contributed by atoms with E-state index in [-0.39, 0.29) is 30.7 Å². The molecule has 0 aliphatic carbocycles. The van der Waals surface area contributed by atoms with Crippen LogP contribution in [-0.4, -0.2) is 76.5 Å². The molecule has 3 heterocycles. The molecule has 0 unspecified atom stereocenters. The summed E-state index contributed by atoms with van der Waals surface area (Å²) in [6.45, 7) is 11.5. The Morgan fingerprint density at radius 1 is 1.15 bits per heavy atom. The predicted molar refractivity (Wildman–Crippen MR) is 112 cm³/mol. The molecule has 1 aromatic rings. The van der Waals surface area contributed by atoms with E-state index >= 15 is 0 Å². The molecule has 3 rings (SSSR count). The maximum atomic E-state index is 12.7. The van der Waals surface area contributed by atoms with Gasteiger partial charge in [0.15, 0.2) is 5.69 Å². The number of aromatic nitrogens is 3. The topological polar surface area (TPSA) is 66.3 Å². The van der Waals surface area contributed by atoms with Gasteiger partial charge in [-0.2, -0.15) is 0 Å². The maximum Gasteiger partial charge on any atom is 0.276 e. The SMILES string of the molecule is CCN(CC)CC1CCN(C(=O)c2cn(C3CCNCC3)nn2)CC1.Cl.Cl. The van der Waals surface area contributed by atoms with Crippen molar-refractivity contribution in [2.24, 2.45) is 5.92 Å². The van der Waals surface area contributed by atoms with E-state index in [4.69, 9.17) is 0 Å². The summed E-state index contributed by atoms with van der Waals surface area (Å²) >= 11 is 0. The fourth-order valence-corrected chi connectivity index (χ4v) is 3.95. The molecule has 2 aliphatic heterocycles. The normalized spacial score (nSPS) is 18.9. The van der Waals surface area contributed by atoms with Gasteiger partial charge in [0.1, 0.15) is 0 Å². The summed E-state index contributed by atoms with van der Waals surface area (Å²) in [5.41, 5.74) is 0.501. The minimum absolute atomic E-state index is 0. The molecule has 1 amide bonds. The average Bonchev–Trinajstić information content (AvgIpc) is 3.17. The van der Waals surface area contributed by atoms with E-state index in [9.17, 15) is 4.79 Å². The Bertz CT molecular complexity index is 552. The van der Waals surface area contributed by atoms with Crippen molar-refractivity contribution in [3.63, 3.8) is 0 Å². The summed E-state index contributed by atoms with van der Waals surface area (Å²) in [5, 5.41) is 11.7. The van der Waals surface area contributed by atoms with E-state index in [1.807, 2.05) is 15.8 Å². The molecule has 1 aromatic heterocycles. The van der Waals surface area contributed by atoms with Crippen LogP contribution in [0, 0.1) is 5.92 Å². The third-order valence-electron chi connectivity index (χ3n) is 5.72. The molecule has 0 bridgehead atoms. The second-order valence-corrected chi connectivity index (χ2v) is 7.29. The Kier molecular flexibility index (Phi) is 10.6. The summed E-state index contributed by atoms with van der Waals surface area (Å²) in [5.74, 6) is 0.746. The van der Waals surface area contributed by atoms with Crippen LogP contribution in [0.25, 0.3) is 0 Å². The number of amides is 1. The fourth-order valence-electron chi connectivity index (χ4n) is 3.95. The molecule has 27 heavy (non-hydrogen) atoms. The van der Waals surface area contributed by atoms with Gasteiger partial charge < -0.3 is 15.1 Å². The van der Waals surface area contributed by atoms with Gasteiger partial charge in [-0.05, 0) is 57.8 Å². The van der Waals surface area contributed by atoms with Gasteiger partial charge in [-0.3, -0.25) is 4.79 Å². The van der Waals surface area contributed by atoms with Crippen LogP contribution in [0.5, 0.6) is 0 Å². The minimum Gasteiger partial charge on any atom is -0.337 e. The molecular weight excluding hydrogens is 387 g/mol. The summed E-state index contributed by atoms with van der Waals surface area (Å²) in [6.07, 6.45) is 6.12. The molecule has 2 fully saturated rings. The van der Waals surface area contributed by atoms with Gasteiger partial charge >= 0.3 is 0 Å². The van der Waals surface area contributed by atoms with Crippen molar-refractivity contribution >= 4 is 30.7 Å². The largest absolute Gasteiger partial charge is 0.337 e. The molecule has 2 saturated heterocycles. The third-order valence-corrected chi connectivity index (χ3v) is 5.72. The van der Waals surface area contributed by atoms with Gasteiger partial charge in [0, 0.05) is 19.6 Å². The van der Waals surface area contributed by atoms with Crippen molar-refractivity contribution in [3.8, 4) is 0 Å². The van der Waals surface area contributed by atoms with Gasteiger partial charge in [0.2, 0.25) is 0 Å². The summed E-state index contributed by atoms with van der Waals surface area (Å²) in [7, 11) is 0.